The first-order valence-corrected chi connectivity index (χ1v) is 10.1. The summed E-state index contributed by atoms with van der Waals surface area (Å²) in [6, 6.07) is 17.9. The second-order valence-electron chi connectivity index (χ2n) is 7.20. The Morgan fingerprint density at radius 2 is 1.77 bits per heavy atom. The minimum absolute atomic E-state index is 0. The highest BCUT2D eigenvalue weighted by Gasteiger charge is 2.21. The minimum Gasteiger partial charge on any atom is -0.486 e. The zero-order valence-electron chi connectivity index (χ0n) is 18.0. The average molecular weight is 533 g/mol. The van der Waals surface area contributed by atoms with Crippen LogP contribution in [0.15, 0.2) is 59.6 Å². The van der Waals surface area contributed by atoms with Crippen molar-refractivity contribution in [3.05, 3.63) is 71.5 Å². The van der Waals surface area contributed by atoms with Gasteiger partial charge in [0.25, 0.3) is 0 Å². The summed E-state index contributed by atoms with van der Waals surface area (Å²) in [5.41, 5.74) is 4.33. The normalized spacial score (nSPS) is 15.2. The molecule has 0 radical (unpaired) electrons. The van der Waals surface area contributed by atoms with Gasteiger partial charge in [-0.15, -0.1) is 24.0 Å². The molecule has 164 valence electrons. The molecule has 2 heterocycles. The number of hydrogen-bond acceptors (Lipinski definition) is 4. The number of aryl methyl sites for hydroxylation is 1. The molecule has 0 bridgehead atoms. The highest BCUT2D eigenvalue weighted by molar-refractivity contribution is 14.0. The molecule has 2 N–H and O–H groups in total. The summed E-state index contributed by atoms with van der Waals surface area (Å²) in [7, 11) is 1.76. The Hall–Kier alpha value is -2.75. The molecule has 2 aromatic carbocycles. The molecule has 1 aromatic heterocycles. The van der Waals surface area contributed by atoms with Gasteiger partial charge in [-0.25, -0.2) is 4.68 Å². The lowest BCUT2D eigenvalue weighted by Gasteiger charge is -2.27. The molecule has 0 amide bonds. The van der Waals surface area contributed by atoms with Crippen molar-refractivity contribution < 1.29 is 9.47 Å². The number of ether oxygens (including phenoxy) is 2. The molecule has 0 saturated heterocycles. The van der Waals surface area contributed by atoms with Gasteiger partial charge in [0.05, 0.1) is 17.9 Å². The van der Waals surface area contributed by atoms with Crippen LogP contribution in [0, 0.1) is 13.8 Å². The summed E-state index contributed by atoms with van der Waals surface area (Å²) >= 11 is 0. The van der Waals surface area contributed by atoms with E-state index in [-0.39, 0.29) is 30.1 Å². The van der Waals surface area contributed by atoms with E-state index in [1.54, 1.807) is 7.05 Å². The highest BCUT2D eigenvalue weighted by Crippen LogP contribution is 2.30. The molecule has 31 heavy (non-hydrogen) atoms. The Labute approximate surface area is 199 Å². The van der Waals surface area contributed by atoms with E-state index in [0.29, 0.717) is 25.7 Å². The minimum atomic E-state index is -0.0808. The van der Waals surface area contributed by atoms with Crippen LogP contribution in [-0.4, -0.2) is 42.0 Å². The zero-order valence-corrected chi connectivity index (χ0v) is 20.3. The zero-order chi connectivity index (χ0) is 20.9. The second-order valence-corrected chi connectivity index (χ2v) is 7.20. The Bertz CT molecular complexity index is 1040. The lowest BCUT2D eigenvalue weighted by Crippen LogP contribution is -2.45. The Morgan fingerprint density at radius 3 is 2.52 bits per heavy atom. The molecule has 0 spiro atoms. The fraction of sp³-hybridized carbons (Fsp3) is 0.304. The number of para-hydroxylation sites is 3. The summed E-state index contributed by atoms with van der Waals surface area (Å²) in [4.78, 5) is 4.33. The van der Waals surface area contributed by atoms with E-state index < -0.39 is 0 Å². The van der Waals surface area contributed by atoms with E-state index in [1.807, 2.05) is 54.1 Å². The number of guanidine groups is 1. The van der Waals surface area contributed by atoms with Gasteiger partial charge in [0.1, 0.15) is 12.7 Å². The van der Waals surface area contributed by atoms with Gasteiger partial charge in [-0.3, -0.25) is 4.99 Å². The fourth-order valence-electron chi connectivity index (χ4n) is 3.52. The van der Waals surface area contributed by atoms with Crippen molar-refractivity contribution in [2.75, 3.05) is 20.2 Å². The summed E-state index contributed by atoms with van der Waals surface area (Å²) in [6.45, 7) is 5.85. The van der Waals surface area contributed by atoms with Crippen molar-refractivity contribution in [3.63, 3.8) is 0 Å². The van der Waals surface area contributed by atoms with Crippen LogP contribution in [0.3, 0.4) is 0 Å². The van der Waals surface area contributed by atoms with Gasteiger partial charge >= 0.3 is 0 Å². The van der Waals surface area contributed by atoms with Gasteiger partial charge in [0, 0.05) is 24.8 Å². The van der Waals surface area contributed by atoms with E-state index in [1.165, 1.54) is 0 Å². The van der Waals surface area contributed by atoms with Crippen molar-refractivity contribution in [1.29, 1.82) is 0 Å². The van der Waals surface area contributed by atoms with Crippen LogP contribution in [0.25, 0.3) is 5.69 Å². The third-order valence-electron chi connectivity index (χ3n) is 5.16. The number of rotatable bonds is 5. The Morgan fingerprint density at radius 1 is 1.06 bits per heavy atom. The second kappa shape index (κ2) is 10.5. The van der Waals surface area contributed by atoms with Crippen LogP contribution in [0.2, 0.25) is 0 Å². The smallest absolute Gasteiger partial charge is 0.191 e. The first kappa shape index (κ1) is 22.9. The molecule has 1 atom stereocenters. The van der Waals surface area contributed by atoms with Crippen LogP contribution >= 0.6 is 24.0 Å². The monoisotopic (exact) mass is 533 g/mol. The van der Waals surface area contributed by atoms with E-state index in [4.69, 9.17) is 14.6 Å². The van der Waals surface area contributed by atoms with Crippen LogP contribution in [0.4, 0.5) is 0 Å². The molecule has 1 aliphatic rings. The predicted octanol–water partition coefficient (Wildman–Crippen LogP) is 3.61. The maximum absolute atomic E-state index is 6.00. The number of halogens is 1. The van der Waals surface area contributed by atoms with Gasteiger partial charge in [-0.1, -0.05) is 30.3 Å². The molecule has 0 aliphatic carbocycles. The van der Waals surface area contributed by atoms with Crippen LogP contribution in [-0.2, 0) is 6.54 Å². The molecule has 3 aromatic rings. The number of benzene rings is 2. The summed E-state index contributed by atoms with van der Waals surface area (Å²) < 4.78 is 13.7. The number of nitrogens with one attached hydrogen (secondary N) is 2. The standard InChI is InChI=1S/C23H27N5O2.HI/c1-16-20(17(2)28(27-16)18-9-5-4-6-10-18)14-26-23(24-3)25-13-19-15-29-21-11-7-8-12-22(21)30-19;/h4-12,19H,13-15H2,1-3H3,(H2,24,25,26);1H. The van der Waals surface area contributed by atoms with Gasteiger partial charge in [0.15, 0.2) is 17.5 Å². The van der Waals surface area contributed by atoms with E-state index >= 15 is 0 Å². The molecule has 8 heteroatoms. The maximum atomic E-state index is 6.00. The summed E-state index contributed by atoms with van der Waals surface area (Å²) in [5.74, 6) is 2.28. The van der Waals surface area contributed by atoms with Crippen molar-refractivity contribution in [2.45, 2.75) is 26.5 Å². The van der Waals surface area contributed by atoms with Crippen molar-refractivity contribution >= 4 is 29.9 Å². The first-order chi connectivity index (χ1) is 14.7. The third kappa shape index (κ3) is 5.30. The predicted molar refractivity (Wildman–Crippen MR) is 133 cm³/mol. The third-order valence-corrected chi connectivity index (χ3v) is 5.16. The average Bonchev–Trinajstić information content (AvgIpc) is 3.08. The van der Waals surface area contributed by atoms with E-state index in [9.17, 15) is 0 Å². The van der Waals surface area contributed by atoms with Crippen molar-refractivity contribution in [1.82, 2.24) is 20.4 Å². The first-order valence-electron chi connectivity index (χ1n) is 10.1. The molecule has 0 fully saturated rings. The highest BCUT2D eigenvalue weighted by atomic mass is 127. The van der Waals surface area contributed by atoms with Crippen LogP contribution in [0.5, 0.6) is 11.5 Å². The lowest BCUT2D eigenvalue weighted by molar-refractivity contribution is 0.0936. The van der Waals surface area contributed by atoms with Crippen molar-refractivity contribution in [2.24, 2.45) is 4.99 Å². The molecule has 7 nitrogen and oxygen atoms in total. The maximum Gasteiger partial charge on any atom is 0.191 e. The van der Waals surface area contributed by atoms with Gasteiger partial charge in [-0.05, 0) is 38.1 Å². The molecule has 1 aliphatic heterocycles. The Balaban J connectivity index is 0.00000272. The number of nitrogens with zero attached hydrogens (tertiary/aromatic N) is 3. The molecule has 0 saturated carbocycles. The summed E-state index contributed by atoms with van der Waals surface area (Å²) in [6.07, 6.45) is -0.0808. The number of aliphatic imine (C=N–C) groups is 1. The number of aromatic nitrogens is 2. The quantitative estimate of drug-likeness (QED) is 0.298. The topological polar surface area (TPSA) is 72.7 Å². The molecule has 1 unspecified atom stereocenters. The molecule has 4 rings (SSSR count). The fourth-order valence-corrected chi connectivity index (χ4v) is 3.52. The Kier molecular flexibility index (Phi) is 7.78. The van der Waals surface area contributed by atoms with Gasteiger partial charge in [0.2, 0.25) is 0 Å². The van der Waals surface area contributed by atoms with Crippen molar-refractivity contribution in [3.8, 4) is 17.2 Å². The number of fused-ring (bicyclic) bond motifs is 1. The number of hydrogen-bond donors (Lipinski definition) is 2. The lowest BCUT2D eigenvalue weighted by atomic mass is 10.2. The van der Waals surface area contributed by atoms with E-state index in [0.717, 1.165) is 34.1 Å². The SMILES string of the molecule is CN=C(NCc1c(C)nn(-c2ccccc2)c1C)NCC1COc2ccccc2O1.I. The van der Waals surface area contributed by atoms with Gasteiger partial charge < -0.3 is 20.1 Å². The largest absolute Gasteiger partial charge is 0.486 e. The van der Waals surface area contributed by atoms with Gasteiger partial charge in [-0.2, -0.15) is 5.10 Å². The summed E-state index contributed by atoms with van der Waals surface area (Å²) in [5, 5.41) is 11.4. The van der Waals surface area contributed by atoms with E-state index in [2.05, 4.69) is 34.7 Å². The molecular formula is C23H28IN5O2. The molecular weight excluding hydrogens is 505 g/mol. The van der Waals surface area contributed by atoms with Crippen LogP contribution in [0.1, 0.15) is 17.0 Å². The van der Waals surface area contributed by atoms with Crippen LogP contribution < -0.4 is 20.1 Å².